The Morgan fingerprint density at radius 2 is 2.07 bits per heavy atom. The lowest BCUT2D eigenvalue weighted by atomic mass is 9.76. The predicted octanol–water partition coefficient (Wildman–Crippen LogP) is 4.83. The summed E-state index contributed by atoms with van der Waals surface area (Å²) in [5.41, 5.74) is 10.9. The van der Waals surface area contributed by atoms with Crippen molar-refractivity contribution >= 4 is 22.7 Å². The zero-order valence-corrected chi connectivity index (χ0v) is 17.2. The summed E-state index contributed by atoms with van der Waals surface area (Å²) in [5, 5.41) is 3.02. The van der Waals surface area contributed by atoms with Crippen molar-refractivity contribution in [1.82, 2.24) is 9.97 Å². The molecule has 0 aliphatic heterocycles. The number of rotatable bonds is 4. The molecule has 0 bridgehead atoms. The molecule has 1 aliphatic carbocycles. The number of fused-ring (bicyclic) bond motifs is 1. The van der Waals surface area contributed by atoms with Crippen molar-refractivity contribution in [2.45, 2.75) is 57.9 Å². The van der Waals surface area contributed by atoms with Crippen LogP contribution in [0.2, 0.25) is 0 Å². The highest BCUT2D eigenvalue weighted by Crippen LogP contribution is 2.38. The second-order valence-corrected chi connectivity index (χ2v) is 8.58. The largest absolute Gasteiger partial charge is 0.462 e. The van der Waals surface area contributed by atoms with E-state index in [1.165, 1.54) is 0 Å². The summed E-state index contributed by atoms with van der Waals surface area (Å²) in [4.78, 5) is 21.8. The summed E-state index contributed by atoms with van der Waals surface area (Å²) in [6.07, 6.45) is 8.26. The van der Waals surface area contributed by atoms with E-state index in [-0.39, 0.29) is 17.9 Å². The van der Waals surface area contributed by atoms with Crippen molar-refractivity contribution in [3.8, 4) is 0 Å². The molecule has 1 aliphatic rings. The van der Waals surface area contributed by atoms with Gasteiger partial charge < -0.3 is 15.5 Å². The zero-order valence-electron chi connectivity index (χ0n) is 17.2. The van der Waals surface area contributed by atoms with E-state index in [2.05, 4.69) is 36.1 Å². The van der Waals surface area contributed by atoms with Crippen LogP contribution in [0.15, 0.2) is 41.3 Å². The Labute approximate surface area is 170 Å². The van der Waals surface area contributed by atoms with Crippen molar-refractivity contribution in [1.29, 1.82) is 0 Å². The number of hydrogen-bond donors (Lipinski definition) is 2. The summed E-state index contributed by atoms with van der Waals surface area (Å²) in [6, 6.07) is 5.68. The normalized spacial score (nSPS) is 22.2. The van der Waals surface area contributed by atoms with E-state index in [4.69, 9.17) is 10.2 Å². The van der Waals surface area contributed by atoms with Crippen LogP contribution in [0.5, 0.6) is 0 Å². The van der Waals surface area contributed by atoms with Gasteiger partial charge in [-0.25, -0.2) is 4.98 Å². The zero-order chi connectivity index (χ0) is 20.5. The first-order chi connectivity index (χ1) is 13.9. The standard InChI is InChI=1S/C23H28N4O2/c1-13(2)18-12-29-21-5-4-19(26-22(18)21)23(28)27-20-11-25-7-6-17(20)15-8-14(3)9-16(24)10-15/h4-7,11-16H,8-10,24H2,1-3H3,(H,27,28). The van der Waals surface area contributed by atoms with Crippen molar-refractivity contribution in [2.24, 2.45) is 11.7 Å². The van der Waals surface area contributed by atoms with Crippen molar-refractivity contribution < 1.29 is 9.21 Å². The van der Waals surface area contributed by atoms with Crippen LogP contribution in [-0.4, -0.2) is 21.9 Å². The molecule has 1 fully saturated rings. The van der Waals surface area contributed by atoms with E-state index < -0.39 is 0 Å². The quantitative estimate of drug-likeness (QED) is 0.663. The predicted molar refractivity (Wildman–Crippen MR) is 114 cm³/mol. The second kappa shape index (κ2) is 7.95. The fraction of sp³-hybridized carbons (Fsp3) is 0.435. The maximum absolute atomic E-state index is 13.0. The maximum Gasteiger partial charge on any atom is 0.274 e. The minimum atomic E-state index is -0.245. The summed E-state index contributed by atoms with van der Waals surface area (Å²) in [5.74, 6) is 0.915. The Bertz CT molecular complexity index is 1020. The lowest BCUT2D eigenvalue weighted by Crippen LogP contribution is -2.31. The summed E-state index contributed by atoms with van der Waals surface area (Å²) in [6.45, 7) is 6.40. The highest BCUT2D eigenvalue weighted by atomic mass is 16.3. The Morgan fingerprint density at radius 1 is 1.24 bits per heavy atom. The van der Waals surface area contributed by atoms with Crippen LogP contribution in [0.4, 0.5) is 5.69 Å². The summed E-state index contributed by atoms with van der Waals surface area (Å²) in [7, 11) is 0. The molecule has 0 radical (unpaired) electrons. The molecule has 3 aromatic heterocycles. The van der Waals surface area contributed by atoms with Crippen LogP contribution in [0.3, 0.4) is 0 Å². The third-order valence-corrected chi connectivity index (χ3v) is 5.82. The van der Waals surface area contributed by atoms with Crippen LogP contribution in [0, 0.1) is 5.92 Å². The van der Waals surface area contributed by atoms with Gasteiger partial charge in [0.05, 0.1) is 18.1 Å². The van der Waals surface area contributed by atoms with Gasteiger partial charge in [-0.05, 0) is 60.8 Å². The number of nitrogens with one attached hydrogen (secondary N) is 1. The average Bonchev–Trinajstić information content (AvgIpc) is 3.11. The lowest BCUT2D eigenvalue weighted by molar-refractivity contribution is 0.102. The van der Waals surface area contributed by atoms with Crippen molar-refractivity contribution in [2.75, 3.05) is 5.32 Å². The van der Waals surface area contributed by atoms with Gasteiger partial charge in [0.25, 0.3) is 5.91 Å². The molecule has 0 saturated heterocycles. The minimum Gasteiger partial charge on any atom is -0.462 e. The Balaban J connectivity index is 1.61. The molecule has 3 heterocycles. The number of hydrogen-bond acceptors (Lipinski definition) is 5. The number of anilines is 1. The number of furan rings is 1. The van der Waals surface area contributed by atoms with E-state index in [1.54, 1.807) is 30.8 Å². The summed E-state index contributed by atoms with van der Waals surface area (Å²) < 4.78 is 5.57. The van der Waals surface area contributed by atoms with Gasteiger partial charge in [-0.1, -0.05) is 20.8 Å². The fourth-order valence-corrected chi connectivity index (χ4v) is 4.43. The number of carbonyl (C=O) groups excluding carboxylic acids is 1. The van der Waals surface area contributed by atoms with Crippen molar-refractivity contribution in [3.63, 3.8) is 0 Å². The molecule has 1 amide bonds. The van der Waals surface area contributed by atoms with Crippen LogP contribution >= 0.6 is 0 Å². The van der Waals surface area contributed by atoms with Gasteiger partial charge >= 0.3 is 0 Å². The molecule has 4 rings (SSSR count). The molecule has 3 aromatic rings. The molecular formula is C23H28N4O2. The van der Waals surface area contributed by atoms with E-state index >= 15 is 0 Å². The Kier molecular flexibility index (Phi) is 5.37. The number of pyridine rings is 2. The molecule has 29 heavy (non-hydrogen) atoms. The Morgan fingerprint density at radius 3 is 2.83 bits per heavy atom. The van der Waals surface area contributed by atoms with Gasteiger partial charge in [0.2, 0.25) is 0 Å². The van der Waals surface area contributed by atoms with Gasteiger partial charge in [0, 0.05) is 17.8 Å². The van der Waals surface area contributed by atoms with E-state index in [1.807, 2.05) is 6.07 Å². The number of nitrogens with zero attached hydrogens (tertiary/aromatic N) is 2. The molecular weight excluding hydrogens is 364 g/mol. The average molecular weight is 393 g/mol. The summed E-state index contributed by atoms with van der Waals surface area (Å²) >= 11 is 0. The third kappa shape index (κ3) is 4.03. The lowest BCUT2D eigenvalue weighted by Gasteiger charge is -2.32. The first-order valence-corrected chi connectivity index (χ1v) is 10.3. The molecule has 6 nitrogen and oxygen atoms in total. The van der Waals surface area contributed by atoms with Crippen LogP contribution in [0.1, 0.15) is 73.5 Å². The van der Waals surface area contributed by atoms with E-state index in [9.17, 15) is 4.79 Å². The number of nitrogens with two attached hydrogens (primary N) is 1. The number of amides is 1. The first kappa shape index (κ1) is 19.6. The molecule has 152 valence electrons. The van der Waals surface area contributed by atoms with E-state index in [0.717, 1.165) is 41.6 Å². The maximum atomic E-state index is 13.0. The highest BCUT2D eigenvalue weighted by molar-refractivity contribution is 6.04. The van der Waals surface area contributed by atoms with Gasteiger partial charge in [0.15, 0.2) is 5.58 Å². The number of aromatic nitrogens is 2. The van der Waals surface area contributed by atoms with Gasteiger partial charge in [0.1, 0.15) is 11.2 Å². The first-order valence-electron chi connectivity index (χ1n) is 10.3. The molecule has 1 saturated carbocycles. The SMILES string of the molecule is CC1CC(N)CC(c2ccncc2NC(=O)c2ccc3occ(C(C)C)c3n2)C1. The molecule has 3 unspecified atom stereocenters. The van der Waals surface area contributed by atoms with Gasteiger partial charge in [-0.15, -0.1) is 0 Å². The molecule has 3 N–H and O–H groups in total. The molecule has 3 atom stereocenters. The van der Waals surface area contributed by atoms with Crippen molar-refractivity contribution in [3.05, 3.63) is 53.7 Å². The third-order valence-electron chi connectivity index (χ3n) is 5.82. The molecule has 0 spiro atoms. The monoisotopic (exact) mass is 392 g/mol. The van der Waals surface area contributed by atoms with E-state index in [0.29, 0.717) is 23.1 Å². The van der Waals surface area contributed by atoms with Crippen LogP contribution in [-0.2, 0) is 0 Å². The fourth-order valence-electron chi connectivity index (χ4n) is 4.43. The van der Waals surface area contributed by atoms with Crippen LogP contribution < -0.4 is 11.1 Å². The Hall–Kier alpha value is -2.73. The minimum absolute atomic E-state index is 0.195. The molecule has 0 aromatic carbocycles. The van der Waals surface area contributed by atoms with Crippen LogP contribution in [0.25, 0.3) is 11.1 Å². The smallest absolute Gasteiger partial charge is 0.274 e. The van der Waals surface area contributed by atoms with Gasteiger partial charge in [-0.2, -0.15) is 0 Å². The second-order valence-electron chi connectivity index (χ2n) is 8.58. The van der Waals surface area contributed by atoms with Gasteiger partial charge in [-0.3, -0.25) is 9.78 Å². The highest BCUT2D eigenvalue weighted by Gasteiger charge is 2.27. The topological polar surface area (TPSA) is 94.0 Å². The molecule has 6 heteroatoms. The number of carbonyl (C=O) groups is 1.